The zero-order chi connectivity index (χ0) is 26.7. The number of likely N-dealkylation sites (tertiary alicyclic amines) is 1. The zero-order valence-electron chi connectivity index (χ0n) is 19.8. The number of nitrogens with one attached hydrogen (secondary N) is 2. The Hall–Kier alpha value is -3.47. The van der Waals surface area contributed by atoms with Crippen LogP contribution >= 0.6 is 11.6 Å². The van der Waals surface area contributed by atoms with Crippen LogP contribution in [0.4, 0.5) is 20.6 Å². The molecule has 3 N–H and O–H groups in total. The van der Waals surface area contributed by atoms with Crippen LogP contribution < -0.4 is 10.6 Å². The summed E-state index contributed by atoms with van der Waals surface area (Å²) in [5.74, 6) is -1.68. The molecule has 1 fully saturated rings. The van der Waals surface area contributed by atoms with Crippen LogP contribution in [0, 0.1) is 11.7 Å². The number of benzene rings is 3. The molecular formula is C26H25ClFN3O5S. The molecular weight excluding hydrogens is 521 g/mol. The number of rotatable bonds is 6. The lowest BCUT2D eigenvalue weighted by molar-refractivity contribution is -0.119. The molecule has 4 rings (SSSR count). The molecule has 0 aromatic heterocycles. The molecule has 2 atom stereocenters. The van der Waals surface area contributed by atoms with Gasteiger partial charge in [0.2, 0.25) is 5.91 Å². The maximum Gasteiger partial charge on any atom is 0.322 e. The SMILES string of the molecule is CS(=O)(=O)c1ccccc1-c1ccc(NC(=O)C2CC(CO)CN2C(=O)Nc2ccc(Cl)cc2)c(F)c1. The Morgan fingerprint density at radius 2 is 1.78 bits per heavy atom. The molecule has 0 aliphatic carbocycles. The number of nitrogens with zero attached hydrogens (tertiary/aromatic N) is 1. The number of carbonyl (C=O) groups excluding carboxylic acids is 2. The summed E-state index contributed by atoms with van der Waals surface area (Å²) in [6.45, 7) is -0.0605. The Labute approximate surface area is 219 Å². The van der Waals surface area contributed by atoms with Gasteiger partial charge in [0.15, 0.2) is 9.84 Å². The van der Waals surface area contributed by atoms with E-state index in [-0.39, 0.29) is 36.1 Å². The molecule has 3 aromatic carbocycles. The molecule has 2 unspecified atom stereocenters. The van der Waals surface area contributed by atoms with Crippen molar-refractivity contribution < 1.29 is 27.5 Å². The predicted molar refractivity (Wildman–Crippen MR) is 140 cm³/mol. The fourth-order valence-corrected chi connectivity index (χ4v) is 5.32. The van der Waals surface area contributed by atoms with E-state index in [1.165, 1.54) is 23.1 Å². The molecule has 1 aliphatic rings. The van der Waals surface area contributed by atoms with Crippen LogP contribution in [0.1, 0.15) is 6.42 Å². The molecule has 194 valence electrons. The first-order chi connectivity index (χ1) is 17.6. The first-order valence-electron chi connectivity index (χ1n) is 11.4. The normalized spacial score (nSPS) is 17.5. The van der Waals surface area contributed by atoms with Crippen LogP contribution in [-0.4, -0.2) is 55.8 Å². The van der Waals surface area contributed by atoms with Crippen molar-refractivity contribution in [2.24, 2.45) is 5.92 Å². The van der Waals surface area contributed by atoms with E-state index in [0.29, 0.717) is 21.8 Å². The van der Waals surface area contributed by atoms with Crippen molar-refractivity contribution in [3.63, 3.8) is 0 Å². The second-order valence-corrected chi connectivity index (χ2v) is 11.3. The standard InChI is InChI=1S/C26H25ClFN3O5S/c1-37(35,36)24-5-3-2-4-20(24)17-6-11-22(21(28)13-17)30-25(33)23-12-16(15-32)14-31(23)26(34)29-19-9-7-18(27)8-10-19/h2-11,13,16,23,32H,12,14-15H2,1H3,(H,29,34)(H,30,33). The van der Waals surface area contributed by atoms with Crippen LogP contribution in [0.5, 0.6) is 0 Å². The van der Waals surface area contributed by atoms with E-state index >= 15 is 4.39 Å². The third kappa shape index (κ3) is 6.10. The number of anilines is 2. The van der Waals surface area contributed by atoms with Crippen molar-refractivity contribution >= 4 is 44.8 Å². The summed E-state index contributed by atoms with van der Waals surface area (Å²) >= 11 is 5.88. The molecule has 1 saturated heterocycles. The van der Waals surface area contributed by atoms with Crippen LogP contribution in [0.15, 0.2) is 71.6 Å². The predicted octanol–water partition coefficient (Wildman–Crippen LogP) is 4.40. The van der Waals surface area contributed by atoms with Gasteiger partial charge in [-0.3, -0.25) is 4.79 Å². The number of aliphatic hydroxyl groups is 1. The fourth-order valence-electron chi connectivity index (χ4n) is 4.29. The number of carbonyl (C=O) groups is 2. The molecule has 0 saturated carbocycles. The average molecular weight is 546 g/mol. The number of aliphatic hydroxyl groups excluding tert-OH is 1. The van der Waals surface area contributed by atoms with Gasteiger partial charge in [-0.05, 0) is 54.4 Å². The summed E-state index contributed by atoms with van der Waals surface area (Å²) in [5, 5.41) is 15.4. The molecule has 1 aliphatic heterocycles. The first-order valence-corrected chi connectivity index (χ1v) is 13.7. The summed E-state index contributed by atoms with van der Waals surface area (Å²) in [5.41, 5.74) is 1.04. The molecule has 3 amide bonds. The zero-order valence-corrected chi connectivity index (χ0v) is 21.4. The minimum absolute atomic E-state index is 0.0644. The minimum atomic E-state index is -3.54. The van der Waals surface area contributed by atoms with Gasteiger partial charge in [0, 0.05) is 41.6 Å². The van der Waals surface area contributed by atoms with Gasteiger partial charge in [0.1, 0.15) is 11.9 Å². The maximum atomic E-state index is 15.0. The Kier molecular flexibility index (Phi) is 7.82. The smallest absolute Gasteiger partial charge is 0.322 e. The summed E-state index contributed by atoms with van der Waals surface area (Å²) < 4.78 is 39.3. The number of hydrogen-bond acceptors (Lipinski definition) is 5. The number of halogens is 2. The molecule has 37 heavy (non-hydrogen) atoms. The van der Waals surface area contributed by atoms with E-state index in [4.69, 9.17) is 11.6 Å². The van der Waals surface area contributed by atoms with Gasteiger partial charge < -0.3 is 20.6 Å². The van der Waals surface area contributed by atoms with E-state index in [1.807, 2.05) is 0 Å². The third-order valence-electron chi connectivity index (χ3n) is 6.13. The lowest BCUT2D eigenvalue weighted by atomic mass is 10.0. The molecule has 0 spiro atoms. The van der Waals surface area contributed by atoms with E-state index in [1.54, 1.807) is 42.5 Å². The summed E-state index contributed by atoms with van der Waals surface area (Å²) in [6.07, 6.45) is 1.28. The highest BCUT2D eigenvalue weighted by Crippen LogP contribution is 2.31. The number of amides is 3. The van der Waals surface area contributed by atoms with Crippen molar-refractivity contribution in [1.29, 1.82) is 0 Å². The van der Waals surface area contributed by atoms with Crippen molar-refractivity contribution in [2.45, 2.75) is 17.4 Å². The fraction of sp³-hybridized carbons (Fsp3) is 0.231. The van der Waals surface area contributed by atoms with Gasteiger partial charge in [-0.25, -0.2) is 17.6 Å². The van der Waals surface area contributed by atoms with Gasteiger partial charge in [-0.2, -0.15) is 0 Å². The molecule has 1 heterocycles. The Bertz CT molecular complexity index is 1430. The van der Waals surface area contributed by atoms with E-state index in [0.717, 1.165) is 12.3 Å². The monoisotopic (exact) mass is 545 g/mol. The van der Waals surface area contributed by atoms with Gasteiger partial charge in [-0.1, -0.05) is 35.9 Å². The number of urea groups is 1. The number of hydrogen-bond donors (Lipinski definition) is 3. The molecule has 0 bridgehead atoms. The van der Waals surface area contributed by atoms with Crippen LogP contribution in [-0.2, 0) is 14.6 Å². The topological polar surface area (TPSA) is 116 Å². The second-order valence-electron chi connectivity index (χ2n) is 8.84. The third-order valence-corrected chi connectivity index (χ3v) is 7.54. The van der Waals surface area contributed by atoms with Crippen molar-refractivity contribution in [1.82, 2.24) is 4.90 Å². The van der Waals surface area contributed by atoms with E-state index < -0.39 is 33.6 Å². The highest BCUT2D eigenvalue weighted by molar-refractivity contribution is 7.90. The lowest BCUT2D eigenvalue weighted by Crippen LogP contribution is -2.45. The van der Waals surface area contributed by atoms with Crippen molar-refractivity contribution in [3.8, 4) is 11.1 Å². The molecule has 11 heteroatoms. The van der Waals surface area contributed by atoms with Gasteiger partial charge in [-0.15, -0.1) is 0 Å². The number of sulfone groups is 1. The summed E-state index contributed by atoms with van der Waals surface area (Å²) in [4.78, 5) is 27.4. The van der Waals surface area contributed by atoms with Gasteiger partial charge in [0.05, 0.1) is 10.6 Å². The average Bonchev–Trinajstić information content (AvgIpc) is 3.31. The Morgan fingerprint density at radius 3 is 2.43 bits per heavy atom. The Morgan fingerprint density at radius 1 is 1.08 bits per heavy atom. The Balaban J connectivity index is 1.53. The van der Waals surface area contributed by atoms with Gasteiger partial charge >= 0.3 is 6.03 Å². The highest BCUT2D eigenvalue weighted by Gasteiger charge is 2.39. The van der Waals surface area contributed by atoms with E-state index in [9.17, 15) is 23.1 Å². The molecule has 3 aromatic rings. The lowest BCUT2D eigenvalue weighted by Gasteiger charge is -2.24. The maximum absolute atomic E-state index is 15.0. The van der Waals surface area contributed by atoms with Crippen LogP contribution in [0.2, 0.25) is 5.02 Å². The largest absolute Gasteiger partial charge is 0.396 e. The van der Waals surface area contributed by atoms with Gasteiger partial charge in [0.25, 0.3) is 0 Å². The van der Waals surface area contributed by atoms with Crippen LogP contribution in [0.3, 0.4) is 0 Å². The second kappa shape index (κ2) is 10.9. The van der Waals surface area contributed by atoms with Crippen LogP contribution in [0.25, 0.3) is 11.1 Å². The van der Waals surface area contributed by atoms with Crippen molar-refractivity contribution in [2.75, 3.05) is 30.0 Å². The minimum Gasteiger partial charge on any atom is -0.396 e. The van der Waals surface area contributed by atoms with Crippen molar-refractivity contribution in [3.05, 3.63) is 77.6 Å². The molecule has 0 radical (unpaired) electrons. The van der Waals surface area contributed by atoms with E-state index in [2.05, 4.69) is 10.6 Å². The quantitative estimate of drug-likeness (QED) is 0.424. The highest BCUT2D eigenvalue weighted by atomic mass is 35.5. The summed E-state index contributed by atoms with van der Waals surface area (Å²) in [7, 11) is -3.54. The molecule has 8 nitrogen and oxygen atoms in total. The summed E-state index contributed by atoms with van der Waals surface area (Å²) in [6, 6.07) is 15.3. The first kappa shape index (κ1) is 26.6.